The fourth-order valence-corrected chi connectivity index (χ4v) is 2.55. The molecule has 1 heterocycles. The summed E-state index contributed by atoms with van der Waals surface area (Å²) in [6.45, 7) is 2.00. The van der Waals surface area contributed by atoms with Gasteiger partial charge in [0.05, 0.1) is 31.2 Å². The maximum Gasteiger partial charge on any atom is 0.339 e. The van der Waals surface area contributed by atoms with Crippen LogP contribution in [0.4, 0.5) is 23.1 Å². The van der Waals surface area contributed by atoms with Crippen LogP contribution in [0.1, 0.15) is 15.9 Å². The number of esters is 1. The van der Waals surface area contributed by atoms with E-state index in [1.165, 1.54) is 7.11 Å². The molecule has 0 aliphatic heterocycles. The normalized spacial score (nSPS) is 10.2. The first-order chi connectivity index (χ1) is 13.1. The van der Waals surface area contributed by atoms with Gasteiger partial charge in [-0.05, 0) is 42.8 Å². The number of hydrogen-bond acceptors (Lipinski definition) is 7. The van der Waals surface area contributed by atoms with Crippen LogP contribution in [0.15, 0.2) is 54.7 Å². The maximum atomic E-state index is 11.9. The van der Waals surface area contributed by atoms with Crippen LogP contribution in [0, 0.1) is 6.92 Å². The minimum Gasteiger partial charge on any atom is -0.495 e. The quantitative estimate of drug-likeness (QED) is 0.638. The minimum absolute atomic E-state index is 0.350. The molecule has 2 N–H and O–H groups in total. The number of anilines is 4. The molecule has 0 spiro atoms. The molecule has 0 bridgehead atoms. The van der Waals surface area contributed by atoms with Crippen LogP contribution >= 0.6 is 0 Å². The van der Waals surface area contributed by atoms with Crippen molar-refractivity contribution in [2.24, 2.45) is 0 Å². The predicted molar refractivity (Wildman–Crippen MR) is 104 cm³/mol. The molecule has 0 saturated heterocycles. The van der Waals surface area contributed by atoms with Crippen molar-refractivity contribution < 1.29 is 14.3 Å². The lowest BCUT2D eigenvalue weighted by Crippen LogP contribution is -2.07. The molecule has 0 atom stereocenters. The average Bonchev–Trinajstić information content (AvgIpc) is 2.68. The van der Waals surface area contributed by atoms with Crippen LogP contribution in [0.3, 0.4) is 0 Å². The van der Waals surface area contributed by atoms with Crippen LogP contribution in [0.25, 0.3) is 0 Å². The molecule has 3 rings (SSSR count). The number of nitrogens with zero attached hydrogens (tertiary/aromatic N) is 2. The smallest absolute Gasteiger partial charge is 0.339 e. The van der Waals surface area contributed by atoms with E-state index in [1.54, 1.807) is 37.6 Å². The number of para-hydroxylation sites is 1. The molecule has 0 radical (unpaired) electrons. The second kappa shape index (κ2) is 8.18. The lowest BCUT2D eigenvalue weighted by Gasteiger charge is -2.13. The third kappa shape index (κ3) is 4.33. The Morgan fingerprint density at radius 1 is 1.00 bits per heavy atom. The number of hydrogen-bond donors (Lipinski definition) is 2. The van der Waals surface area contributed by atoms with Crippen molar-refractivity contribution in [3.8, 4) is 5.75 Å². The summed E-state index contributed by atoms with van der Waals surface area (Å²) < 4.78 is 10.2. The molecule has 0 aliphatic carbocycles. The number of nitrogens with one attached hydrogen (secondary N) is 2. The zero-order chi connectivity index (χ0) is 19.2. The predicted octanol–water partition coefficient (Wildman–Crippen LogP) is 4.07. The molecular weight excluding hydrogens is 344 g/mol. The molecule has 3 aromatic rings. The first kappa shape index (κ1) is 18.2. The summed E-state index contributed by atoms with van der Waals surface area (Å²) in [4.78, 5) is 20.6. The molecule has 0 amide bonds. The fourth-order valence-electron chi connectivity index (χ4n) is 2.55. The van der Waals surface area contributed by atoms with Crippen LogP contribution in [0.2, 0.25) is 0 Å². The van der Waals surface area contributed by atoms with Gasteiger partial charge in [-0.15, -0.1) is 0 Å². The van der Waals surface area contributed by atoms with Gasteiger partial charge in [0.15, 0.2) is 0 Å². The molecule has 0 aliphatic rings. The van der Waals surface area contributed by atoms with Crippen LogP contribution in [-0.2, 0) is 4.74 Å². The van der Waals surface area contributed by atoms with Crippen LogP contribution < -0.4 is 15.4 Å². The topological polar surface area (TPSA) is 85.4 Å². The average molecular weight is 364 g/mol. The highest BCUT2D eigenvalue weighted by molar-refractivity contribution is 5.96. The van der Waals surface area contributed by atoms with Gasteiger partial charge in [-0.25, -0.2) is 9.78 Å². The number of aryl methyl sites for hydroxylation is 1. The summed E-state index contributed by atoms with van der Waals surface area (Å²) >= 11 is 0. The molecule has 7 nitrogen and oxygen atoms in total. The number of methoxy groups -OCH3 is 2. The maximum absolute atomic E-state index is 11.9. The Kier molecular flexibility index (Phi) is 5.51. The molecule has 7 heteroatoms. The van der Waals surface area contributed by atoms with Crippen LogP contribution in [-0.4, -0.2) is 30.2 Å². The third-order valence-electron chi connectivity index (χ3n) is 3.85. The van der Waals surface area contributed by atoms with Crippen molar-refractivity contribution in [1.29, 1.82) is 0 Å². The number of rotatable bonds is 6. The van der Waals surface area contributed by atoms with E-state index in [9.17, 15) is 4.79 Å². The van der Waals surface area contributed by atoms with Gasteiger partial charge in [-0.3, -0.25) is 0 Å². The van der Waals surface area contributed by atoms with E-state index in [0.717, 1.165) is 11.3 Å². The van der Waals surface area contributed by atoms with Crippen molar-refractivity contribution in [3.05, 3.63) is 65.9 Å². The summed E-state index contributed by atoms with van der Waals surface area (Å²) in [5, 5.41) is 6.29. The van der Waals surface area contributed by atoms with E-state index in [4.69, 9.17) is 9.47 Å². The van der Waals surface area contributed by atoms with Gasteiger partial charge in [0.1, 0.15) is 11.6 Å². The molecule has 1 aromatic heterocycles. The van der Waals surface area contributed by atoms with Gasteiger partial charge in [0, 0.05) is 6.20 Å². The molecule has 2 aromatic carbocycles. The lowest BCUT2D eigenvalue weighted by atomic mass is 10.2. The van der Waals surface area contributed by atoms with E-state index in [2.05, 4.69) is 20.6 Å². The second-order valence-corrected chi connectivity index (χ2v) is 5.76. The highest BCUT2D eigenvalue weighted by Crippen LogP contribution is 2.28. The highest BCUT2D eigenvalue weighted by Gasteiger charge is 2.12. The second-order valence-electron chi connectivity index (χ2n) is 5.76. The number of aromatic nitrogens is 2. The Balaban J connectivity index is 1.85. The van der Waals surface area contributed by atoms with Crippen LogP contribution in [0.5, 0.6) is 5.75 Å². The summed E-state index contributed by atoms with van der Waals surface area (Å²) in [6.07, 6.45) is 1.63. The molecule has 27 heavy (non-hydrogen) atoms. The summed E-state index contributed by atoms with van der Waals surface area (Å²) in [5.74, 6) is 1.22. The van der Waals surface area contributed by atoms with Crippen molar-refractivity contribution in [3.63, 3.8) is 0 Å². The van der Waals surface area contributed by atoms with E-state index < -0.39 is 5.97 Å². The van der Waals surface area contributed by atoms with E-state index in [0.29, 0.717) is 28.8 Å². The SMILES string of the molecule is COC(=O)c1ccccc1Nc1nccc(Nc2cc(C)ccc2OC)n1. The molecular formula is C20H20N4O3. The highest BCUT2D eigenvalue weighted by atomic mass is 16.5. The van der Waals surface area contributed by atoms with Gasteiger partial charge >= 0.3 is 5.97 Å². The number of benzene rings is 2. The fraction of sp³-hybridized carbons (Fsp3) is 0.150. The summed E-state index contributed by atoms with van der Waals surface area (Å²) in [6, 6.07) is 14.6. The molecule has 0 unspecified atom stereocenters. The third-order valence-corrected chi connectivity index (χ3v) is 3.85. The van der Waals surface area contributed by atoms with Gasteiger partial charge in [0.2, 0.25) is 5.95 Å². The zero-order valence-electron chi connectivity index (χ0n) is 15.3. The monoisotopic (exact) mass is 364 g/mol. The largest absolute Gasteiger partial charge is 0.495 e. The molecule has 0 saturated carbocycles. The van der Waals surface area contributed by atoms with Crippen molar-refractivity contribution in [2.45, 2.75) is 6.92 Å². The Morgan fingerprint density at radius 3 is 2.59 bits per heavy atom. The first-order valence-electron chi connectivity index (χ1n) is 8.30. The van der Waals surface area contributed by atoms with Gasteiger partial charge in [-0.2, -0.15) is 4.98 Å². The zero-order valence-corrected chi connectivity index (χ0v) is 15.3. The number of ether oxygens (including phenoxy) is 2. The molecule has 138 valence electrons. The Morgan fingerprint density at radius 2 is 1.81 bits per heavy atom. The van der Waals surface area contributed by atoms with Gasteiger partial charge in [0.25, 0.3) is 0 Å². The van der Waals surface area contributed by atoms with Crippen molar-refractivity contribution >= 4 is 29.1 Å². The summed E-state index contributed by atoms with van der Waals surface area (Å²) in [5.41, 5.74) is 2.87. The van der Waals surface area contributed by atoms with Crippen molar-refractivity contribution in [2.75, 3.05) is 24.9 Å². The number of carbonyl (C=O) groups excluding carboxylic acids is 1. The Hall–Kier alpha value is -3.61. The standard InChI is InChI=1S/C20H20N4O3/c1-13-8-9-17(26-2)16(12-13)22-18-10-11-21-20(24-18)23-15-7-5-4-6-14(15)19(25)27-3/h4-12H,1-3H3,(H2,21,22,23,24). The van der Waals surface area contributed by atoms with Crippen molar-refractivity contribution in [1.82, 2.24) is 9.97 Å². The number of carbonyl (C=O) groups is 1. The Labute approximate surface area is 157 Å². The first-order valence-corrected chi connectivity index (χ1v) is 8.30. The van der Waals surface area contributed by atoms with E-state index >= 15 is 0 Å². The van der Waals surface area contributed by atoms with E-state index in [-0.39, 0.29) is 0 Å². The lowest BCUT2D eigenvalue weighted by molar-refractivity contribution is 0.0602. The van der Waals surface area contributed by atoms with Gasteiger partial charge in [-0.1, -0.05) is 18.2 Å². The Bertz CT molecular complexity index is 959. The minimum atomic E-state index is -0.433. The van der Waals surface area contributed by atoms with Gasteiger partial charge < -0.3 is 20.1 Å². The summed E-state index contributed by atoms with van der Waals surface area (Å²) in [7, 11) is 2.96. The van der Waals surface area contributed by atoms with E-state index in [1.807, 2.05) is 31.2 Å². The molecule has 0 fully saturated rings.